The van der Waals surface area contributed by atoms with Gasteiger partial charge in [0.15, 0.2) is 0 Å². The zero-order chi connectivity index (χ0) is 14.1. The Morgan fingerprint density at radius 1 is 1.16 bits per heavy atom. The second-order valence-electron chi connectivity index (χ2n) is 5.47. The lowest BCUT2D eigenvalue weighted by atomic mass is 10.1. The molecule has 4 nitrogen and oxygen atoms in total. The van der Waals surface area contributed by atoms with Crippen molar-refractivity contribution < 1.29 is 0 Å². The van der Waals surface area contributed by atoms with E-state index >= 15 is 0 Å². The maximum absolute atomic E-state index is 4.51. The monoisotopic (exact) mass is 264 g/mol. The summed E-state index contributed by atoms with van der Waals surface area (Å²) in [5, 5.41) is 6.63. The van der Waals surface area contributed by atoms with Gasteiger partial charge in [-0.1, -0.05) is 33.6 Å². The molecule has 0 fully saturated rings. The lowest BCUT2D eigenvalue weighted by Crippen LogP contribution is -2.09. The summed E-state index contributed by atoms with van der Waals surface area (Å²) in [6.07, 6.45) is 6.72. The highest BCUT2D eigenvalue weighted by Crippen LogP contribution is 2.13. The lowest BCUT2D eigenvalue weighted by molar-refractivity contribution is 0.544. The lowest BCUT2D eigenvalue weighted by Gasteiger charge is -2.11. The summed E-state index contributed by atoms with van der Waals surface area (Å²) >= 11 is 0. The molecule has 0 saturated heterocycles. The van der Waals surface area contributed by atoms with Crippen molar-refractivity contribution >= 4 is 11.8 Å². The van der Waals surface area contributed by atoms with Gasteiger partial charge in [-0.2, -0.15) is 4.98 Å². The summed E-state index contributed by atoms with van der Waals surface area (Å²) in [5.41, 5.74) is 1.10. The van der Waals surface area contributed by atoms with E-state index < -0.39 is 0 Å². The van der Waals surface area contributed by atoms with Gasteiger partial charge >= 0.3 is 0 Å². The third kappa shape index (κ3) is 6.41. The first kappa shape index (κ1) is 15.7. The molecule has 108 valence electrons. The first-order chi connectivity index (χ1) is 9.13. The van der Waals surface area contributed by atoms with Crippen molar-refractivity contribution in [2.75, 3.05) is 23.7 Å². The number of hydrogen-bond acceptors (Lipinski definition) is 4. The van der Waals surface area contributed by atoms with E-state index in [0.29, 0.717) is 0 Å². The third-order valence-corrected chi connectivity index (χ3v) is 3.01. The first-order valence-electron chi connectivity index (χ1n) is 7.44. The predicted octanol–water partition coefficient (Wildman–Crippen LogP) is 3.85. The van der Waals surface area contributed by atoms with Gasteiger partial charge in [0.1, 0.15) is 5.82 Å². The Balaban J connectivity index is 2.39. The highest BCUT2D eigenvalue weighted by atomic mass is 15.1. The summed E-state index contributed by atoms with van der Waals surface area (Å²) in [6.45, 7) is 10.6. The number of rotatable bonds is 9. The molecule has 0 bridgehead atoms. The van der Waals surface area contributed by atoms with Crippen LogP contribution in [0.2, 0.25) is 0 Å². The van der Waals surface area contributed by atoms with Crippen molar-refractivity contribution in [3.63, 3.8) is 0 Å². The predicted molar refractivity (Wildman–Crippen MR) is 82.7 cm³/mol. The van der Waals surface area contributed by atoms with Crippen molar-refractivity contribution in [3.8, 4) is 0 Å². The number of aryl methyl sites for hydroxylation is 1. The Labute approximate surface area is 117 Å². The maximum Gasteiger partial charge on any atom is 0.224 e. The van der Waals surface area contributed by atoms with Crippen LogP contribution in [0.1, 0.15) is 52.0 Å². The quantitative estimate of drug-likeness (QED) is 0.665. The minimum Gasteiger partial charge on any atom is -0.370 e. The van der Waals surface area contributed by atoms with Gasteiger partial charge < -0.3 is 10.6 Å². The third-order valence-electron chi connectivity index (χ3n) is 3.01. The number of nitrogens with zero attached hydrogens (tertiary/aromatic N) is 2. The van der Waals surface area contributed by atoms with E-state index in [4.69, 9.17) is 0 Å². The van der Waals surface area contributed by atoms with Crippen LogP contribution in [0.3, 0.4) is 0 Å². The number of unbranched alkanes of at least 4 members (excludes halogenated alkanes) is 1. The van der Waals surface area contributed by atoms with Crippen molar-refractivity contribution in [2.24, 2.45) is 5.92 Å². The summed E-state index contributed by atoms with van der Waals surface area (Å²) in [4.78, 5) is 8.79. The van der Waals surface area contributed by atoms with E-state index in [1.54, 1.807) is 0 Å². The summed E-state index contributed by atoms with van der Waals surface area (Å²) in [5.74, 6) is 2.47. The van der Waals surface area contributed by atoms with Crippen molar-refractivity contribution in [3.05, 3.63) is 11.8 Å². The van der Waals surface area contributed by atoms with E-state index in [1.807, 2.05) is 13.1 Å². The second kappa shape index (κ2) is 8.73. The Bertz CT molecular complexity index is 363. The largest absolute Gasteiger partial charge is 0.370 e. The van der Waals surface area contributed by atoms with E-state index in [-0.39, 0.29) is 0 Å². The molecule has 0 saturated carbocycles. The minimum atomic E-state index is 0.720. The fourth-order valence-corrected chi connectivity index (χ4v) is 1.83. The topological polar surface area (TPSA) is 49.8 Å². The number of nitrogens with one attached hydrogen (secondary N) is 2. The Kier molecular flexibility index (Phi) is 7.23. The summed E-state index contributed by atoms with van der Waals surface area (Å²) in [7, 11) is 0. The van der Waals surface area contributed by atoms with Crippen LogP contribution in [0.4, 0.5) is 11.8 Å². The number of hydrogen-bond donors (Lipinski definition) is 2. The Hall–Kier alpha value is -1.32. The molecule has 2 N–H and O–H groups in total. The van der Waals surface area contributed by atoms with Crippen LogP contribution in [-0.4, -0.2) is 23.1 Å². The van der Waals surface area contributed by atoms with Gasteiger partial charge in [-0.3, -0.25) is 0 Å². The summed E-state index contributed by atoms with van der Waals surface area (Å²) < 4.78 is 0. The van der Waals surface area contributed by atoms with Gasteiger partial charge in [-0.25, -0.2) is 4.98 Å². The van der Waals surface area contributed by atoms with Gasteiger partial charge in [0.25, 0.3) is 0 Å². The molecule has 0 aliphatic carbocycles. The first-order valence-corrected chi connectivity index (χ1v) is 7.44. The molecule has 0 atom stereocenters. The van der Waals surface area contributed by atoms with E-state index in [1.165, 1.54) is 19.3 Å². The molecule has 1 aromatic heterocycles. The van der Waals surface area contributed by atoms with Crippen LogP contribution >= 0.6 is 0 Å². The Morgan fingerprint density at radius 3 is 2.63 bits per heavy atom. The van der Waals surface area contributed by atoms with E-state index in [0.717, 1.165) is 42.8 Å². The highest BCUT2D eigenvalue weighted by Gasteiger charge is 2.03. The fraction of sp³-hybridized carbons (Fsp3) is 0.733. The molecule has 1 aromatic rings. The molecule has 0 aliphatic rings. The van der Waals surface area contributed by atoms with Crippen LogP contribution in [0.15, 0.2) is 6.20 Å². The van der Waals surface area contributed by atoms with Crippen LogP contribution in [0.5, 0.6) is 0 Å². The SMILES string of the molecule is CCCNc1ncc(C)c(NCCCCC(C)C)n1. The van der Waals surface area contributed by atoms with Gasteiger partial charge in [0, 0.05) is 24.8 Å². The fourth-order valence-electron chi connectivity index (χ4n) is 1.83. The van der Waals surface area contributed by atoms with Crippen LogP contribution in [0, 0.1) is 12.8 Å². The maximum atomic E-state index is 4.51. The van der Waals surface area contributed by atoms with Gasteiger partial charge in [0.05, 0.1) is 0 Å². The number of anilines is 2. The van der Waals surface area contributed by atoms with Gasteiger partial charge in [-0.15, -0.1) is 0 Å². The Morgan fingerprint density at radius 2 is 1.95 bits per heavy atom. The van der Waals surface area contributed by atoms with Crippen LogP contribution in [-0.2, 0) is 0 Å². The smallest absolute Gasteiger partial charge is 0.224 e. The van der Waals surface area contributed by atoms with Crippen LogP contribution in [0.25, 0.3) is 0 Å². The van der Waals surface area contributed by atoms with Crippen molar-refractivity contribution in [1.82, 2.24) is 9.97 Å². The molecule has 1 rings (SSSR count). The molecule has 0 radical (unpaired) electrons. The molecule has 0 spiro atoms. The molecular formula is C15H28N4. The standard InChI is InChI=1S/C15H28N4/c1-5-9-17-15-18-11-13(4)14(19-15)16-10-7-6-8-12(2)3/h11-12H,5-10H2,1-4H3,(H2,16,17,18,19). The molecule has 0 amide bonds. The van der Waals surface area contributed by atoms with Gasteiger partial charge in [-0.05, 0) is 25.7 Å². The molecule has 0 aromatic carbocycles. The van der Waals surface area contributed by atoms with E-state index in [2.05, 4.69) is 41.4 Å². The molecule has 0 unspecified atom stereocenters. The van der Waals surface area contributed by atoms with Crippen LogP contribution < -0.4 is 10.6 Å². The average Bonchev–Trinajstić information content (AvgIpc) is 2.38. The minimum absolute atomic E-state index is 0.720. The van der Waals surface area contributed by atoms with Crippen molar-refractivity contribution in [1.29, 1.82) is 0 Å². The molecular weight excluding hydrogens is 236 g/mol. The zero-order valence-corrected chi connectivity index (χ0v) is 12.8. The zero-order valence-electron chi connectivity index (χ0n) is 12.8. The molecule has 1 heterocycles. The molecule has 4 heteroatoms. The molecule has 19 heavy (non-hydrogen) atoms. The van der Waals surface area contributed by atoms with Gasteiger partial charge in [0.2, 0.25) is 5.95 Å². The van der Waals surface area contributed by atoms with E-state index in [9.17, 15) is 0 Å². The molecule has 0 aliphatic heterocycles. The normalized spacial score (nSPS) is 10.8. The second-order valence-corrected chi connectivity index (χ2v) is 5.47. The highest BCUT2D eigenvalue weighted by molar-refractivity contribution is 5.46. The van der Waals surface area contributed by atoms with Crippen molar-refractivity contribution in [2.45, 2.75) is 53.4 Å². The summed E-state index contributed by atoms with van der Waals surface area (Å²) in [6, 6.07) is 0. The average molecular weight is 264 g/mol. The number of aromatic nitrogens is 2.